The van der Waals surface area contributed by atoms with Crippen LogP contribution in [0.15, 0.2) is 53.9 Å². The van der Waals surface area contributed by atoms with Gasteiger partial charge in [-0.05, 0) is 35.4 Å². The molecule has 0 bridgehead atoms. The van der Waals surface area contributed by atoms with E-state index in [0.29, 0.717) is 11.4 Å². The average Bonchev–Trinajstić information content (AvgIpc) is 2.98. The van der Waals surface area contributed by atoms with E-state index in [-0.39, 0.29) is 17.6 Å². The molecule has 2 nitrogen and oxygen atoms in total. The van der Waals surface area contributed by atoms with Gasteiger partial charge in [-0.1, -0.05) is 35.9 Å². The Kier molecular flexibility index (Phi) is 3.87. The van der Waals surface area contributed by atoms with Crippen molar-refractivity contribution in [3.63, 3.8) is 0 Å². The maximum atomic E-state index is 13.6. The Morgan fingerprint density at radius 2 is 1.96 bits per heavy atom. The Bertz CT molecular complexity index is 919. The van der Waals surface area contributed by atoms with Crippen molar-refractivity contribution in [1.82, 2.24) is 0 Å². The molecule has 4 rings (SSSR count). The first kappa shape index (κ1) is 15.4. The Morgan fingerprint density at radius 3 is 2.71 bits per heavy atom. The van der Waals surface area contributed by atoms with Gasteiger partial charge in [0.1, 0.15) is 5.82 Å². The third-order valence-corrected chi connectivity index (χ3v) is 5.55. The van der Waals surface area contributed by atoms with Crippen LogP contribution >= 0.6 is 22.9 Å². The molecule has 0 radical (unpaired) electrons. The zero-order chi connectivity index (χ0) is 16.7. The lowest BCUT2D eigenvalue weighted by molar-refractivity contribution is -0.116. The minimum absolute atomic E-state index is 0.00155. The van der Waals surface area contributed by atoms with Crippen molar-refractivity contribution in [2.45, 2.75) is 12.3 Å². The van der Waals surface area contributed by atoms with Crippen molar-refractivity contribution in [1.29, 1.82) is 0 Å². The zero-order valence-electron chi connectivity index (χ0n) is 12.6. The molecule has 0 unspecified atom stereocenters. The Balaban J connectivity index is 1.81. The minimum Gasteiger partial charge on any atom is -0.325 e. The molecule has 0 aliphatic carbocycles. The van der Waals surface area contributed by atoms with Gasteiger partial charge in [0.05, 0.1) is 5.69 Å². The number of thiophene rings is 1. The van der Waals surface area contributed by atoms with Crippen LogP contribution < -0.4 is 5.32 Å². The first-order valence-corrected chi connectivity index (χ1v) is 8.80. The second-order valence-electron chi connectivity index (χ2n) is 5.76. The lowest BCUT2D eigenvalue weighted by atomic mass is 9.89. The van der Waals surface area contributed by atoms with Gasteiger partial charge in [-0.2, -0.15) is 0 Å². The maximum Gasteiger partial charge on any atom is 0.225 e. The molecule has 3 aromatic rings. The minimum atomic E-state index is -0.288. The fourth-order valence-electron chi connectivity index (χ4n) is 3.06. The van der Waals surface area contributed by atoms with E-state index in [2.05, 4.69) is 5.32 Å². The normalized spacial score (nSPS) is 16.6. The molecular weight excluding hydrogens is 345 g/mol. The summed E-state index contributed by atoms with van der Waals surface area (Å²) in [7, 11) is 0. The largest absolute Gasteiger partial charge is 0.325 e. The Labute approximate surface area is 147 Å². The van der Waals surface area contributed by atoms with Gasteiger partial charge in [-0.15, -0.1) is 11.3 Å². The number of amides is 1. The predicted octanol–water partition coefficient (Wildman–Crippen LogP) is 5.68. The highest BCUT2D eigenvalue weighted by Crippen LogP contribution is 2.46. The van der Waals surface area contributed by atoms with Crippen LogP contribution in [0.2, 0.25) is 5.02 Å². The van der Waals surface area contributed by atoms with Crippen LogP contribution in [0.1, 0.15) is 22.8 Å². The molecule has 0 fully saturated rings. The highest BCUT2D eigenvalue weighted by molar-refractivity contribution is 7.11. The van der Waals surface area contributed by atoms with Crippen molar-refractivity contribution in [2.75, 3.05) is 5.32 Å². The van der Waals surface area contributed by atoms with Gasteiger partial charge in [0.2, 0.25) is 5.91 Å². The molecule has 24 heavy (non-hydrogen) atoms. The number of rotatable bonds is 2. The van der Waals surface area contributed by atoms with Crippen molar-refractivity contribution in [3.05, 3.63) is 75.2 Å². The number of nitrogens with one attached hydrogen (secondary N) is 1. The van der Waals surface area contributed by atoms with E-state index in [1.807, 2.05) is 35.7 Å². The first-order valence-electron chi connectivity index (χ1n) is 7.54. The highest BCUT2D eigenvalue weighted by Gasteiger charge is 2.30. The van der Waals surface area contributed by atoms with Gasteiger partial charge in [0.25, 0.3) is 0 Å². The van der Waals surface area contributed by atoms with Crippen LogP contribution in [0.4, 0.5) is 10.1 Å². The third kappa shape index (κ3) is 2.72. The smallest absolute Gasteiger partial charge is 0.225 e. The summed E-state index contributed by atoms with van der Waals surface area (Å²) in [5.41, 5.74) is 3.48. The van der Waals surface area contributed by atoms with Crippen LogP contribution in [0.5, 0.6) is 0 Å². The molecule has 5 heteroatoms. The fraction of sp³-hybridized carbons (Fsp3) is 0.105. The SMILES string of the molecule is O=C1C[C@H](c2ccc(Cl)cc2)c2scc(-c3cccc(F)c3)c2N1. The highest BCUT2D eigenvalue weighted by atomic mass is 35.5. The van der Waals surface area contributed by atoms with Crippen LogP contribution in [-0.2, 0) is 4.79 Å². The van der Waals surface area contributed by atoms with Crippen molar-refractivity contribution in [3.8, 4) is 11.1 Å². The summed E-state index contributed by atoms with van der Waals surface area (Å²) >= 11 is 7.56. The van der Waals surface area contributed by atoms with E-state index in [9.17, 15) is 9.18 Å². The molecule has 0 saturated carbocycles. The van der Waals surface area contributed by atoms with Crippen LogP contribution in [0.25, 0.3) is 11.1 Å². The van der Waals surface area contributed by atoms with Crippen LogP contribution in [-0.4, -0.2) is 5.91 Å². The number of halogens is 2. The van der Waals surface area contributed by atoms with Crippen LogP contribution in [0, 0.1) is 5.82 Å². The third-order valence-electron chi connectivity index (χ3n) is 4.20. The number of anilines is 1. The fourth-order valence-corrected chi connectivity index (χ4v) is 4.35. The van der Waals surface area contributed by atoms with Crippen molar-refractivity contribution >= 4 is 34.5 Å². The van der Waals surface area contributed by atoms with Gasteiger partial charge >= 0.3 is 0 Å². The molecular formula is C19H13ClFNOS. The van der Waals surface area contributed by atoms with Crippen molar-refractivity contribution in [2.24, 2.45) is 0 Å². The van der Waals surface area contributed by atoms with Crippen LogP contribution in [0.3, 0.4) is 0 Å². The van der Waals surface area contributed by atoms with E-state index in [1.54, 1.807) is 17.4 Å². The summed E-state index contributed by atoms with van der Waals surface area (Å²) in [5.74, 6) is -0.319. The lowest BCUT2D eigenvalue weighted by Gasteiger charge is -2.24. The second kappa shape index (κ2) is 6.04. The van der Waals surface area contributed by atoms with E-state index in [1.165, 1.54) is 12.1 Å². The van der Waals surface area contributed by atoms with Crippen molar-refractivity contribution < 1.29 is 9.18 Å². The molecule has 0 spiro atoms. The Morgan fingerprint density at radius 1 is 1.17 bits per heavy atom. The number of fused-ring (bicyclic) bond motifs is 1. The van der Waals surface area contributed by atoms with Gasteiger partial charge in [0, 0.05) is 33.2 Å². The molecule has 120 valence electrons. The van der Waals surface area contributed by atoms with E-state index < -0.39 is 0 Å². The topological polar surface area (TPSA) is 29.1 Å². The first-order chi connectivity index (χ1) is 11.6. The standard InChI is InChI=1S/C19H13ClFNOS/c20-13-6-4-11(5-7-13)15-9-17(23)22-18-16(10-24-19(15)18)12-2-1-3-14(21)8-12/h1-8,10,15H,9H2,(H,22,23)/t15-/m1/s1. The monoisotopic (exact) mass is 357 g/mol. The summed E-state index contributed by atoms with van der Waals surface area (Å²) in [6.45, 7) is 0. The summed E-state index contributed by atoms with van der Waals surface area (Å²) < 4.78 is 13.6. The number of hydrogen-bond acceptors (Lipinski definition) is 2. The Hall–Kier alpha value is -2.17. The average molecular weight is 358 g/mol. The molecule has 1 aromatic heterocycles. The summed E-state index contributed by atoms with van der Waals surface area (Å²) in [5, 5.41) is 5.61. The number of carbonyl (C=O) groups excluding carboxylic acids is 1. The maximum absolute atomic E-state index is 13.6. The molecule has 1 atom stereocenters. The molecule has 1 N–H and O–H groups in total. The zero-order valence-corrected chi connectivity index (χ0v) is 14.1. The van der Waals surface area contributed by atoms with Gasteiger partial charge in [-0.3, -0.25) is 4.79 Å². The number of benzene rings is 2. The quantitative estimate of drug-likeness (QED) is 0.628. The summed E-state index contributed by atoms with van der Waals surface area (Å²) in [6, 6.07) is 14.0. The second-order valence-corrected chi connectivity index (χ2v) is 7.10. The molecule has 0 saturated heterocycles. The molecule has 2 aromatic carbocycles. The summed E-state index contributed by atoms with van der Waals surface area (Å²) in [6.07, 6.45) is 0.401. The van der Waals surface area contributed by atoms with Gasteiger partial charge in [0.15, 0.2) is 0 Å². The predicted molar refractivity (Wildman–Crippen MR) is 96.3 cm³/mol. The number of carbonyl (C=O) groups is 1. The lowest BCUT2D eigenvalue weighted by Crippen LogP contribution is -2.22. The van der Waals surface area contributed by atoms with E-state index in [0.717, 1.165) is 27.3 Å². The molecule has 1 aliphatic rings. The molecule has 2 heterocycles. The van der Waals surface area contributed by atoms with Gasteiger partial charge in [-0.25, -0.2) is 4.39 Å². The number of hydrogen-bond donors (Lipinski definition) is 1. The summed E-state index contributed by atoms with van der Waals surface area (Å²) in [4.78, 5) is 13.3. The van der Waals surface area contributed by atoms with Gasteiger partial charge < -0.3 is 5.32 Å². The molecule has 1 amide bonds. The molecule has 1 aliphatic heterocycles. The van der Waals surface area contributed by atoms with E-state index in [4.69, 9.17) is 11.6 Å². The van der Waals surface area contributed by atoms with E-state index >= 15 is 0 Å².